The van der Waals surface area contributed by atoms with Gasteiger partial charge in [-0.15, -0.1) is 0 Å². The summed E-state index contributed by atoms with van der Waals surface area (Å²) in [6.07, 6.45) is 2.03. The number of nitrogens with zero attached hydrogens (tertiary/aromatic N) is 2. The van der Waals surface area contributed by atoms with Gasteiger partial charge in [-0.1, -0.05) is 172 Å². The lowest BCUT2D eigenvalue weighted by Crippen LogP contribution is -1.95. The highest BCUT2D eigenvalue weighted by Crippen LogP contribution is 2.38. The molecule has 2 aromatic heterocycles. The van der Waals surface area contributed by atoms with Crippen molar-refractivity contribution in [3.63, 3.8) is 0 Å². The number of hydrogen-bond donors (Lipinski definition) is 0. The van der Waals surface area contributed by atoms with Gasteiger partial charge in [-0.2, -0.15) is 0 Å². The van der Waals surface area contributed by atoms with Crippen molar-refractivity contribution in [2.75, 3.05) is 0 Å². The first kappa shape index (κ1) is 39.4. The monoisotopic (exact) mass is 844 g/mol. The molecule has 0 saturated carbocycles. The molecule has 2 heterocycles. The molecule has 0 spiro atoms. The minimum atomic E-state index is 1.02. The molecular formula is C64H48N2. The molecule has 2 heteroatoms. The van der Waals surface area contributed by atoms with Gasteiger partial charge >= 0.3 is 0 Å². The predicted molar refractivity (Wildman–Crippen MR) is 281 cm³/mol. The summed E-state index contributed by atoms with van der Waals surface area (Å²) in [4.78, 5) is 0. The van der Waals surface area contributed by atoms with Crippen molar-refractivity contribution in [1.82, 2.24) is 9.13 Å². The third kappa shape index (κ3) is 6.90. The van der Waals surface area contributed by atoms with Crippen LogP contribution in [0, 0.1) is 0 Å². The second-order valence-electron chi connectivity index (χ2n) is 17.5. The lowest BCUT2D eigenvalue weighted by Gasteiger charge is -2.11. The van der Waals surface area contributed by atoms with Gasteiger partial charge in [0.2, 0.25) is 0 Å². The number of aryl methyl sites for hydroxylation is 2. The molecule has 0 amide bonds. The molecule has 314 valence electrons. The van der Waals surface area contributed by atoms with Gasteiger partial charge in [-0.3, -0.25) is 0 Å². The molecule has 0 N–H and O–H groups in total. The Balaban J connectivity index is 0.805. The Labute approximate surface area is 386 Å². The fourth-order valence-electron chi connectivity index (χ4n) is 10.2. The average Bonchev–Trinajstić information content (AvgIpc) is 3.91. The Morgan fingerprint density at radius 1 is 0.242 bits per heavy atom. The van der Waals surface area contributed by atoms with Crippen molar-refractivity contribution in [2.24, 2.45) is 0 Å². The van der Waals surface area contributed by atoms with Gasteiger partial charge in [-0.05, 0) is 152 Å². The molecule has 66 heavy (non-hydrogen) atoms. The molecule has 0 bridgehead atoms. The highest BCUT2D eigenvalue weighted by Gasteiger charge is 2.16. The molecule has 0 aliphatic rings. The quantitative estimate of drug-likeness (QED) is 0.137. The van der Waals surface area contributed by atoms with E-state index in [0.717, 1.165) is 12.8 Å². The minimum Gasteiger partial charge on any atom is -0.309 e. The highest BCUT2D eigenvalue weighted by atomic mass is 15.0. The molecule has 10 aromatic carbocycles. The zero-order chi connectivity index (χ0) is 44.1. The van der Waals surface area contributed by atoms with Crippen LogP contribution in [0.1, 0.15) is 25.0 Å². The predicted octanol–water partition coefficient (Wildman–Crippen LogP) is 17.3. The van der Waals surface area contributed by atoms with E-state index in [0.29, 0.717) is 0 Å². The van der Waals surface area contributed by atoms with Crippen LogP contribution in [0.25, 0.3) is 111 Å². The van der Waals surface area contributed by atoms with E-state index < -0.39 is 0 Å². The van der Waals surface area contributed by atoms with E-state index in [9.17, 15) is 0 Å². The number of hydrogen-bond acceptors (Lipinski definition) is 0. The van der Waals surface area contributed by atoms with Crippen LogP contribution < -0.4 is 0 Å². The molecule has 0 aliphatic carbocycles. The number of fused-ring (bicyclic) bond motifs is 6. The van der Waals surface area contributed by atoms with E-state index in [4.69, 9.17) is 0 Å². The zero-order valence-electron chi connectivity index (χ0n) is 37.2. The fraction of sp³-hybridized carbons (Fsp3) is 0.0625. The molecular weight excluding hydrogens is 797 g/mol. The van der Waals surface area contributed by atoms with Crippen LogP contribution in [0.2, 0.25) is 0 Å². The average molecular weight is 845 g/mol. The van der Waals surface area contributed by atoms with Crippen molar-refractivity contribution < 1.29 is 0 Å². The maximum atomic E-state index is 2.41. The Morgan fingerprint density at radius 3 is 0.955 bits per heavy atom. The molecule has 0 saturated heterocycles. The molecule has 0 atom stereocenters. The van der Waals surface area contributed by atoms with E-state index in [-0.39, 0.29) is 0 Å². The summed E-state index contributed by atoms with van der Waals surface area (Å²) in [5, 5.41) is 5.08. The number of rotatable bonds is 9. The van der Waals surface area contributed by atoms with Crippen LogP contribution in [0.3, 0.4) is 0 Å². The zero-order valence-corrected chi connectivity index (χ0v) is 37.2. The summed E-state index contributed by atoms with van der Waals surface area (Å²) in [7, 11) is 0. The maximum absolute atomic E-state index is 2.41. The van der Waals surface area contributed by atoms with Crippen LogP contribution in [-0.2, 0) is 12.8 Å². The Kier molecular flexibility index (Phi) is 9.80. The Hall–Kier alpha value is -8.20. The smallest absolute Gasteiger partial charge is 0.0541 e. The summed E-state index contributed by atoms with van der Waals surface area (Å²) < 4.78 is 4.82. The van der Waals surface area contributed by atoms with Gasteiger partial charge in [0.1, 0.15) is 0 Å². The lowest BCUT2D eigenvalue weighted by molar-refractivity contribution is 1.11. The topological polar surface area (TPSA) is 9.86 Å². The third-order valence-electron chi connectivity index (χ3n) is 13.7. The second kappa shape index (κ2) is 16.4. The summed E-state index contributed by atoms with van der Waals surface area (Å²) >= 11 is 0. The number of aromatic nitrogens is 2. The van der Waals surface area contributed by atoms with Crippen molar-refractivity contribution >= 4 is 43.6 Å². The van der Waals surface area contributed by atoms with Crippen LogP contribution in [0.15, 0.2) is 231 Å². The summed E-state index contributed by atoms with van der Waals surface area (Å²) in [5.74, 6) is 0. The molecule has 2 nitrogen and oxygen atoms in total. The molecule has 0 unspecified atom stereocenters. The van der Waals surface area contributed by atoms with Crippen molar-refractivity contribution in [3.8, 4) is 67.0 Å². The van der Waals surface area contributed by atoms with Crippen molar-refractivity contribution in [1.29, 1.82) is 0 Å². The van der Waals surface area contributed by atoms with Crippen molar-refractivity contribution in [3.05, 3.63) is 242 Å². The van der Waals surface area contributed by atoms with Gasteiger partial charge < -0.3 is 9.13 Å². The molecule has 0 fully saturated rings. The van der Waals surface area contributed by atoms with Crippen LogP contribution in [0.4, 0.5) is 0 Å². The first-order chi connectivity index (χ1) is 32.6. The summed E-state index contributed by atoms with van der Waals surface area (Å²) in [5.41, 5.74) is 22.1. The van der Waals surface area contributed by atoms with Gasteiger partial charge in [0.05, 0.1) is 22.1 Å². The van der Waals surface area contributed by atoms with E-state index in [2.05, 4.69) is 254 Å². The molecule has 0 aliphatic heterocycles. The molecule has 12 aromatic rings. The Morgan fingerprint density at radius 2 is 0.561 bits per heavy atom. The van der Waals surface area contributed by atoms with Crippen LogP contribution in [0.5, 0.6) is 0 Å². The van der Waals surface area contributed by atoms with E-state index >= 15 is 0 Å². The molecule has 0 radical (unpaired) electrons. The second-order valence-corrected chi connectivity index (χ2v) is 17.5. The van der Waals surface area contributed by atoms with Gasteiger partial charge in [0, 0.05) is 32.9 Å². The van der Waals surface area contributed by atoms with Gasteiger partial charge in [-0.25, -0.2) is 0 Å². The summed E-state index contributed by atoms with van der Waals surface area (Å²) in [6, 6.07) is 85.2. The first-order valence-electron chi connectivity index (χ1n) is 23.3. The van der Waals surface area contributed by atoms with Crippen LogP contribution in [-0.4, -0.2) is 9.13 Å². The number of para-hydroxylation sites is 2. The first-order valence-corrected chi connectivity index (χ1v) is 23.3. The van der Waals surface area contributed by atoms with Crippen LogP contribution >= 0.6 is 0 Å². The minimum absolute atomic E-state index is 1.02. The maximum Gasteiger partial charge on any atom is 0.0541 e. The SMILES string of the molecule is CCc1cccc(-n2c3ccccc3c3cc(-c4ccc(-c5cccc(-c6cccc(-c7ccc(-c8ccc9c(c8)c8ccccc8n9-c8cccc(CC)c8)cc7)c6)c5)cc4)ccc32)c1. The lowest BCUT2D eigenvalue weighted by atomic mass is 9.94. The number of benzene rings is 10. The van der Waals surface area contributed by atoms with E-state index in [1.165, 1.54) is 122 Å². The standard InChI is InChI=1S/C64H48N2/c1-3-43-13-9-19-55(37-43)65-61-23-7-5-21-57(61)59-41-53(33-35-63(59)65)47-29-25-45(26-30-47)49-15-11-17-51(39-49)52-18-12-16-50(40-52)46-27-31-48(32-28-46)54-34-36-64-60(42-54)58-22-6-8-24-62(58)66(64)56-20-10-14-44(4-2)38-56/h5-42H,3-4H2,1-2H3. The Bertz CT molecular complexity index is 3520. The third-order valence-corrected chi connectivity index (χ3v) is 13.7. The largest absolute Gasteiger partial charge is 0.309 e. The normalized spacial score (nSPS) is 11.6. The van der Waals surface area contributed by atoms with E-state index in [1.54, 1.807) is 0 Å². The van der Waals surface area contributed by atoms with E-state index in [1.807, 2.05) is 0 Å². The fourth-order valence-corrected chi connectivity index (χ4v) is 10.2. The highest BCUT2D eigenvalue weighted by molar-refractivity contribution is 6.11. The van der Waals surface area contributed by atoms with Gasteiger partial charge in [0.15, 0.2) is 0 Å². The summed E-state index contributed by atoms with van der Waals surface area (Å²) in [6.45, 7) is 4.43. The molecule has 12 rings (SSSR count). The van der Waals surface area contributed by atoms with Gasteiger partial charge in [0.25, 0.3) is 0 Å². The van der Waals surface area contributed by atoms with Crippen molar-refractivity contribution in [2.45, 2.75) is 26.7 Å².